The predicted molar refractivity (Wildman–Crippen MR) is 95.8 cm³/mol. The Hall–Kier alpha value is -2.60. The highest BCUT2D eigenvalue weighted by Crippen LogP contribution is 2.30. The zero-order valence-corrected chi connectivity index (χ0v) is 14.2. The van der Waals surface area contributed by atoms with Crippen LogP contribution in [0, 0.1) is 6.92 Å². The van der Waals surface area contributed by atoms with Gasteiger partial charge in [0.25, 0.3) is 0 Å². The topological polar surface area (TPSA) is 52.3 Å². The van der Waals surface area contributed by atoms with E-state index < -0.39 is 0 Å². The molecule has 0 aliphatic carbocycles. The highest BCUT2D eigenvalue weighted by molar-refractivity contribution is 7.99. The van der Waals surface area contributed by atoms with Crippen LogP contribution in [-0.4, -0.2) is 33.4 Å². The Balaban J connectivity index is 1.81. The molecule has 1 aliphatic rings. The minimum Gasteiger partial charge on any atom is -0.497 e. The molecule has 4 rings (SSSR count). The van der Waals surface area contributed by atoms with E-state index in [0.29, 0.717) is 0 Å². The lowest BCUT2D eigenvalue weighted by Crippen LogP contribution is -2.14. The fourth-order valence-corrected chi connectivity index (χ4v) is 3.53. The number of fused-ring (bicyclic) bond motifs is 1. The van der Waals surface area contributed by atoms with E-state index in [4.69, 9.17) is 9.84 Å². The van der Waals surface area contributed by atoms with Crippen molar-refractivity contribution in [3.05, 3.63) is 59.7 Å². The molecule has 0 bridgehead atoms. The standard InChI is InChI=1S/C18H16N4OS/c1-12-6-3-4-9-15(12)16-11-24-18-20-19-17(22(18)21-16)13-7-5-8-14(10-13)23-2/h3-10H,11H2,1-2H3. The van der Waals surface area contributed by atoms with Crippen molar-refractivity contribution in [1.29, 1.82) is 0 Å². The van der Waals surface area contributed by atoms with Crippen LogP contribution < -0.4 is 4.74 Å². The predicted octanol–water partition coefficient (Wildman–Crippen LogP) is 3.62. The quantitative estimate of drug-likeness (QED) is 0.733. The highest BCUT2D eigenvalue weighted by atomic mass is 32.2. The Labute approximate surface area is 144 Å². The van der Waals surface area contributed by atoms with Crippen LogP contribution >= 0.6 is 11.8 Å². The van der Waals surface area contributed by atoms with Crippen LogP contribution in [-0.2, 0) is 0 Å². The molecule has 0 fully saturated rings. The van der Waals surface area contributed by atoms with Gasteiger partial charge < -0.3 is 4.74 Å². The number of hydrogen-bond donors (Lipinski definition) is 0. The second-order valence-corrected chi connectivity index (χ2v) is 6.44. The fraction of sp³-hybridized carbons (Fsp3) is 0.167. The van der Waals surface area contributed by atoms with E-state index in [1.807, 2.05) is 41.1 Å². The molecule has 3 aromatic rings. The van der Waals surface area contributed by atoms with Crippen LogP contribution in [0.1, 0.15) is 11.1 Å². The summed E-state index contributed by atoms with van der Waals surface area (Å²) in [5.41, 5.74) is 4.36. The van der Waals surface area contributed by atoms with Crippen molar-refractivity contribution in [2.24, 2.45) is 5.10 Å². The highest BCUT2D eigenvalue weighted by Gasteiger charge is 2.21. The first-order valence-electron chi connectivity index (χ1n) is 7.63. The van der Waals surface area contributed by atoms with Gasteiger partial charge in [0.15, 0.2) is 5.82 Å². The number of methoxy groups -OCH3 is 1. The van der Waals surface area contributed by atoms with Gasteiger partial charge in [-0.1, -0.05) is 48.2 Å². The van der Waals surface area contributed by atoms with Crippen molar-refractivity contribution >= 4 is 17.5 Å². The number of benzene rings is 2. The van der Waals surface area contributed by atoms with Crippen LogP contribution in [0.25, 0.3) is 11.4 Å². The maximum absolute atomic E-state index is 5.30. The largest absolute Gasteiger partial charge is 0.497 e. The van der Waals surface area contributed by atoms with Crippen molar-refractivity contribution in [1.82, 2.24) is 14.9 Å². The maximum Gasteiger partial charge on any atom is 0.212 e. The Kier molecular flexibility index (Phi) is 3.82. The lowest BCUT2D eigenvalue weighted by atomic mass is 10.1. The Bertz CT molecular complexity index is 932. The van der Waals surface area contributed by atoms with E-state index in [0.717, 1.165) is 33.8 Å². The van der Waals surface area contributed by atoms with Crippen molar-refractivity contribution in [3.8, 4) is 17.1 Å². The van der Waals surface area contributed by atoms with E-state index in [-0.39, 0.29) is 0 Å². The van der Waals surface area contributed by atoms with Crippen LogP contribution in [0.3, 0.4) is 0 Å². The molecule has 0 saturated heterocycles. The molecule has 6 heteroatoms. The Morgan fingerprint density at radius 3 is 2.79 bits per heavy atom. The van der Waals surface area contributed by atoms with Crippen LogP contribution in [0.5, 0.6) is 5.75 Å². The summed E-state index contributed by atoms with van der Waals surface area (Å²) in [6.45, 7) is 2.10. The van der Waals surface area contributed by atoms with Gasteiger partial charge in [-0.2, -0.15) is 9.78 Å². The Morgan fingerprint density at radius 2 is 1.96 bits per heavy atom. The third kappa shape index (κ3) is 2.59. The molecule has 2 heterocycles. The van der Waals surface area contributed by atoms with Gasteiger partial charge in [0.05, 0.1) is 12.8 Å². The molecule has 1 aliphatic heterocycles. The van der Waals surface area contributed by atoms with Crippen molar-refractivity contribution in [2.45, 2.75) is 12.1 Å². The molecule has 0 atom stereocenters. The number of aromatic nitrogens is 3. The van der Waals surface area contributed by atoms with E-state index in [1.165, 1.54) is 11.1 Å². The molecule has 0 amide bonds. The molecule has 5 nitrogen and oxygen atoms in total. The van der Waals surface area contributed by atoms with Gasteiger partial charge in [-0.25, -0.2) is 0 Å². The zero-order chi connectivity index (χ0) is 16.5. The normalized spacial score (nSPS) is 13.3. The smallest absolute Gasteiger partial charge is 0.212 e. The van der Waals surface area contributed by atoms with Gasteiger partial charge in [0.1, 0.15) is 5.75 Å². The zero-order valence-electron chi connectivity index (χ0n) is 13.4. The summed E-state index contributed by atoms with van der Waals surface area (Å²) in [5, 5.41) is 14.2. The first kappa shape index (κ1) is 15.0. The van der Waals surface area contributed by atoms with Crippen LogP contribution in [0.2, 0.25) is 0 Å². The third-order valence-corrected chi connectivity index (χ3v) is 4.89. The molecule has 0 radical (unpaired) electrons. The van der Waals surface area contributed by atoms with Gasteiger partial charge in [-0.05, 0) is 24.6 Å². The van der Waals surface area contributed by atoms with Gasteiger partial charge in [-0.3, -0.25) is 0 Å². The van der Waals surface area contributed by atoms with Crippen LogP contribution in [0.15, 0.2) is 58.8 Å². The molecular formula is C18H16N4OS. The van der Waals surface area contributed by atoms with Crippen molar-refractivity contribution in [2.75, 3.05) is 12.9 Å². The summed E-state index contributed by atoms with van der Waals surface area (Å²) in [6.07, 6.45) is 0. The van der Waals surface area contributed by atoms with E-state index in [9.17, 15) is 0 Å². The summed E-state index contributed by atoms with van der Waals surface area (Å²) in [6, 6.07) is 16.1. The number of aryl methyl sites for hydroxylation is 1. The van der Waals surface area contributed by atoms with E-state index in [2.05, 4.69) is 29.3 Å². The number of hydrogen-bond acceptors (Lipinski definition) is 5. The van der Waals surface area contributed by atoms with Crippen molar-refractivity contribution < 1.29 is 4.74 Å². The molecule has 0 unspecified atom stereocenters. The van der Waals surface area contributed by atoms with E-state index >= 15 is 0 Å². The number of thioether (sulfide) groups is 1. The first-order chi connectivity index (χ1) is 11.8. The minimum absolute atomic E-state index is 0.724. The average molecular weight is 336 g/mol. The lowest BCUT2D eigenvalue weighted by molar-refractivity contribution is 0.415. The molecule has 24 heavy (non-hydrogen) atoms. The SMILES string of the molecule is COc1cccc(-c2nnc3n2N=C(c2ccccc2C)CS3)c1. The number of ether oxygens (including phenoxy) is 1. The van der Waals surface area contributed by atoms with Gasteiger partial charge >= 0.3 is 0 Å². The van der Waals surface area contributed by atoms with Gasteiger partial charge in [0, 0.05) is 16.9 Å². The first-order valence-corrected chi connectivity index (χ1v) is 8.61. The number of nitrogens with zero attached hydrogens (tertiary/aromatic N) is 4. The third-order valence-electron chi connectivity index (χ3n) is 3.95. The second kappa shape index (κ2) is 6.13. The monoisotopic (exact) mass is 336 g/mol. The molecular weight excluding hydrogens is 320 g/mol. The summed E-state index contributed by atoms with van der Waals surface area (Å²) in [5.74, 6) is 2.31. The molecule has 0 N–H and O–H groups in total. The summed E-state index contributed by atoms with van der Waals surface area (Å²) >= 11 is 1.65. The maximum atomic E-state index is 5.30. The van der Waals surface area contributed by atoms with Crippen LogP contribution in [0.4, 0.5) is 0 Å². The van der Waals surface area contributed by atoms with Gasteiger partial charge in [0.2, 0.25) is 5.16 Å². The average Bonchev–Trinajstić information content (AvgIpc) is 3.05. The number of rotatable bonds is 3. The molecule has 1 aromatic heterocycles. The van der Waals surface area contributed by atoms with E-state index in [1.54, 1.807) is 18.9 Å². The summed E-state index contributed by atoms with van der Waals surface area (Å²) in [4.78, 5) is 0. The van der Waals surface area contributed by atoms with Gasteiger partial charge in [-0.15, -0.1) is 10.2 Å². The second-order valence-electron chi connectivity index (χ2n) is 5.50. The molecule has 0 spiro atoms. The van der Waals surface area contributed by atoms with Crippen molar-refractivity contribution in [3.63, 3.8) is 0 Å². The Morgan fingerprint density at radius 1 is 1.08 bits per heavy atom. The molecule has 2 aromatic carbocycles. The molecule has 120 valence electrons. The molecule has 0 saturated carbocycles. The minimum atomic E-state index is 0.724. The fourth-order valence-electron chi connectivity index (χ4n) is 2.70. The summed E-state index contributed by atoms with van der Waals surface area (Å²) in [7, 11) is 1.66. The summed E-state index contributed by atoms with van der Waals surface area (Å²) < 4.78 is 7.13. The lowest BCUT2D eigenvalue weighted by Gasteiger charge is -2.15.